The first kappa shape index (κ1) is 13.6. The quantitative estimate of drug-likeness (QED) is 0.857. The maximum Gasteiger partial charge on any atom is 0.235 e. The van der Waals surface area contributed by atoms with Crippen LogP contribution in [0.5, 0.6) is 0 Å². The molecular formula is C15H19NO3S. The summed E-state index contributed by atoms with van der Waals surface area (Å²) in [5.74, 6) is 0.523. The largest absolute Gasteiger partial charge is 0.294 e. The van der Waals surface area contributed by atoms with Gasteiger partial charge in [-0.3, -0.25) is 9.10 Å². The SMILES string of the molecule is CCCCS(=O)(=O)N1CC2CCC(=O)c3cccc1c32. The zero-order chi connectivity index (χ0) is 14.3. The standard InChI is InChI=1S/C15H19NO3S/c1-2-3-9-20(18,19)16-10-11-7-8-14(17)12-5-4-6-13(16)15(11)12/h4-6,11H,2-3,7-10H2,1H3. The molecule has 20 heavy (non-hydrogen) atoms. The van der Waals surface area contributed by atoms with Crippen molar-refractivity contribution in [3.63, 3.8) is 0 Å². The van der Waals surface area contributed by atoms with Crippen LogP contribution >= 0.6 is 0 Å². The Labute approximate surface area is 119 Å². The van der Waals surface area contributed by atoms with Crippen LogP contribution in [-0.2, 0) is 10.0 Å². The van der Waals surface area contributed by atoms with E-state index in [0.29, 0.717) is 19.4 Å². The van der Waals surface area contributed by atoms with Gasteiger partial charge >= 0.3 is 0 Å². The molecule has 0 saturated carbocycles. The van der Waals surface area contributed by atoms with E-state index in [4.69, 9.17) is 0 Å². The molecule has 0 radical (unpaired) electrons. The molecular weight excluding hydrogens is 274 g/mol. The topological polar surface area (TPSA) is 54.5 Å². The summed E-state index contributed by atoms with van der Waals surface area (Å²) < 4.78 is 26.5. The molecule has 4 nitrogen and oxygen atoms in total. The van der Waals surface area contributed by atoms with Gasteiger partial charge in [0.2, 0.25) is 10.0 Å². The minimum absolute atomic E-state index is 0.144. The van der Waals surface area contributed by atoms with Crippen LogP contribution in [0.1, 0.15) is 54.4 Å². The average molecular weight is 293 g/mol. The molecule has 1 aromatic rings. The highest BCUT2D eigenvalue weighted by molar-refractivity contribution is 7.92. The van der Waals surface area contributed by atoms with Crippen LogP contribution in [-0.4, -0.2) is 26.5 Å². The average Bonchev–Trinajstić information content (AvgIpc) is 2.82. The van der Waals surface area contributed by atoms with Gasteiger partial charge in [-0.15, -0.1) is 0 Å². The van der Waals surface area contributed by atoms with Crippen LogP contribution < -0.4 is 4.31 Å². The molecule has 1 aromatic carbocycles. The van der Waals surface area contributed by atoms with Crippen molar-refractivity contribution >= 4 is 21.5 Å². The zero-order valence-corrected chi connectivity index (χ0v) is 12.4. The predicted octanol–water partition coefficient (Wildman–Crippen LogP) is 2.70. The number of unbranched alkanes of at least 4 members (excludes halogenated alkanes) is 1. The summed E-state index contributed by atoms with van der Waals surface area (Å²) in [5.41, 5.74) is 2.42. The Morgan fingerprint density at radius 3 is 2.90 bits per heavy atom. The minimum Gasteiger partial charge on any atom is -0.294 e. The lowest BCUT2D eigenvalue weighted by Crippen LogP contribution is -2.32. The van der Waals surface area contributed by atoms with E-state index in [0.717, 1.165) is 29.7 Å². The Bertz CT molecular complexity index is 651. The van der Waals surface area contributed by atoms with E-state index in [-0.39, 0.29) is 17.5 Å². The lowest BCUT2D eigenvalue weighted by molar-refractivity contribution is 0.0968. The van der Waals surface area contributed by atoms with E-state index < -0.39 is 10.0 Å². The summed E-state index contributed by atoms with van der Waals surface area (Å²) in [5, 5.41) is 0. The Balaban J connectivity index is 2.03. The number of carbonyl (C=O) groups excluding carboxylic acids is 1. The van der Waals surface area contributed by atoms with Gasteiger partial charge in [0.25, 0.3) is 0 Å². The van der Waals surface area contributed by atoms with Crippen molar-refractivity contribution in [2.75, 3.05) is 16.6 Å². The van der Waals surface area contributed by atoms with Gasteiger partial charge in [0.1, 0.15) is 0 Å². The van der Waals surface area contributed by atoms with Crippen LogP contribution in [0.3, 0.4) is 0 Å². The summed E-state index contributed by atoms with van der Waals surface area (Å²) in [7, 11) is -3.26. The van der Waals surface area contributed by atoms with Gasteiger partial charge in [0.15, 0.2) is 5.78 Å². The van der Waals surface area contributed by atoms with Gasteiger partial charge in [0, 0.05) is 24.4 Å². The van der Waals surface area contributed by atoms with Crippen molar-refractivity contribution in [2.45, 2.75) is 38.5 Å². The fraction of sp³-hybridized carbons (Fsp3) is 0.533. The predicted molar refractivity (Wildman–Crippen MR) is 78.8 cm³/mol. The number of Topliss-reactive ketones (excluding diaryl/α,β-unsaturated/α-hetero) is 1. The molecule has 0 spiro atoms. The summed E-state index contributed by atoms with van der Waals surface area (Å²) in [6.45, 7) is 2.49. The number of carbonyl (C=O) groups is 1. The van der Waals surface area contributed by atoms with Crippen LogP contribution in [0.4, 0.5) is 5.69 Å². The first-order chi connectivity index (χ1) is 9.54. The summed E-state index contributed by atoms with van der Waals surface area (Å²) in [6, 6.07) is 5.46. The normalized spacial score (nSPS) is 21.1. The number of hydrogen-bond acceptors (Lipinski definition) is 3. The Morgan fingerprint density at radius 2 is 2.15 bits per heavy atom. The second-order valence-electron chi connectivity index (χ2n) is 5.60. The van der Waals surface area contributed by atoms with Crippen LogP contribution in [0.2, 0.25) is 0 Å². The molecule has 0 fully saturated rings. The first-order valence-corrected chi connectivity index (χ1v) is 8.82. The third-order valence-electron chi connectivity index (χ3n) is 4.26. The third kappa shape index (κ3) is 2.04. The second kappa shape index (κ2) is 4.88. The number of ketones is 1. The van der Waals surface area contributed by atoms with E-state index in [1.54, 1.807) is 6.07 Å². The van der Waals surface area contributed by atoms with E-state index >= 15 is 0 Å². The molecule has 1 aliphatic heterocycles. The molecule has 3 rings (SSSR count). The highest BCUT2D eigenvalue weighted by Crippen LogP contribution is 2.45. The molecule has 0 N–H and O–H groups in total. The molecule has 1 atom stereocenters. The van der Waals surface area contributed by atoms with Crippen molar-refractivity contribution in [1.29, 1.82) is 0 Å². The lowest BCUT2D eigenvalue weighted by atomic mass is 9.83. The molecule has 108 valence electrons. The molecule has 1 unspecified atom stereocenters. The van der Waals surface area contributed by atoms with Gasteiger partial charge < -0.3 is 0 Å². The van der Waals surface area contributed by atoms with E-state index in [2.05, 4.69) is 0 Å². The summed E-state index contributed by atoms with van der Waals surface area (Å²) >= 11 is 0. The number of benzene rings is 1. The fourth-order valence-electron chi connectivity index (χ4n) is 3.21. The number of anilines is 1. The highest BCUT2D eigenvalue weighted by atomic mass is 32.2. The van der Waals surface area contributed by atoms with Gasteiger partial charge in [-0.05, 0) is 24.5 Å². The van der Waals surface area contributed by atoms with E-state index in [1.807, 2.05) is 19.1 Å². The fourth-order valence-corrected chi connectivity index (χ4v) is 4.95. The van der Waals surface area contributed by atoms with Crippen LogP contribution in [0.25, 0.3) is 0 Å². The van der Waals surface area contributed by atoms with Crippen LogP contribution in [0, 0.1) is 0 Å². The van der Waals surface area contributed by atoms with Crippen LogP contribution in [0.15, 0.2) is 18.2 Å². The number of nitrogens with zero attached hydrogens (tertiary/aromatic N) is 1. The maximum atomic E-state index is 12.5. The maximum absolute atomic E-state index is 12.5. The molecule has 1 aliphatic carbocycles. The Morgan fingerprint density at radius 1 is 1.35 bits per heavy atom. The second-order valence-corrected chi connectivity index (χ2v) is 7.61. The van der Waals surface area contributed by atoms with E-state index in [9.17, 15) is 13.2 Å². The molecule has 0 saturated heterocycles. The van der Waals surface area contributed by atoms with Crippen molar-refractivity contribution in [3.8, 4) is 0 Å². The Hall–Kier alpha value is -1.36. The molecule has 0 aromatic heterocycles. The minimum atomic E-state index is -3.26. The summed E-state index contributed by atoms with van der Waals surface area (Å²) in [4.78, 5) is 12.0. The molecule has 0 amide bonds. The van der Waals surface area contributed by atoms with Gasteiger partial charge in [-0.1, -0.05) is 25.5 Å². The van der Waals surface area contributed by atoms with Crippen molar-refractivity contribution < 1.29 is 13.2 Å². The lowest BCUT2D eigenvalue weighted by Gasteiger charge is -2.19. The molecule has 0 bridgehead atoms. The molecule has 1 heterocycles. The van der Waals surface area contributed by atoms with Crippen molar-refractivity contribution in [2.24, 2.45) is 0 Å². The number of hydrogen-bond donors (Lipinski definition) is 0. The third-order valence-corrected chi connectivity index (χ3v) is 6.08. The highest BCUT2D eigenvalue weighted by Gasteiger charge is 2.39. The number of rotatable bonds is 4. The van der Waals surface area contributed by atoms with Gasteiger partial charge in [0.05, 0.1) is 11.4 Å². The van der Waals surface area contributed by atoms with Crippen molar-refractivity contribution in [1.82, 2.24) is 0 Å². The summed E-state index contributed by atoms with van der Waals surface area (Å²) in [6.07, 6.45) is 2.84. The monoisotopic (exact) mass is 293 g/mol. The first-order valence-electron chi connectivity index (χ1n) is 7.21. The van der Waals surface area contributed by atoms with Gasteiger partial charge in [-0.2, -0.15) is 0 Å². The smallest absolute Gasteiger partial charge is 0.235 e. The Kier molecular flexibility index (Phi) is 3.32. The van der Waals surface area contributed by atoms with Crippen molar-refractivity contribution in [3.05, 3.63) is 29.3 Å². The van der Waals surface area contributed by atoms with E-state index in [1.165, 1.54) is 4.31 Å². The van der Waals surface area contributed by atoms with Gasteiger partial charge in [-0.25, -0.2) is 8.42 Å². The molecule has 5 heteroatoms. The molecule has 2 aliphatic rings. The zero-order valence-electron chi connectivity index (χ0n) is 11.6. The number of sulfonamides is 1.